The highest BCUT2D eigenvalue weighted by atomic mass is 19.4. The summed E-state index contributed by atoms with van der Waals surface area (Å²) in [6.45, 7) is 0.179. The molecule has 0 saturated heterocycles. The first-order valence-corrected chi connectivity index (χ1v) is 6.28. The summed E-state index contributed by atoms with van der Waals surface area (Å²) in [5, 5.41) is 0.970. The third-order valence-electron chi connectivity index (χ3n) is 3.09. The Morgan fingerprint density at radius 3 is 2.67 bits per heavy atom. The van der Waals surface area contributed by atoms with Gasteiger partial charge in [-0.05, 0) is 35.9 Å². The number of benzene rings is 2. The molecular formula is C16H11F3O2. The predicted molar refractivity (Wildman–Crippen MR) is 72.0 cm³/mol. The fourth-order valence-electron chi connectivity index (χ4n) is 2.02. The third-order valence-corrected chi connectivity index (χ3v) is 3.09. The first kappa shape index (κ1) is 13.5. The summed E-state index contributed by atoms with van der Waals surface area (Å²) < 4.78 is 48.5. The normalized spacial score (nSPS) is 11.8. The second-order valence-electron chi connectivity index (χ2n) is 4.61. The van der Waals surface area contributed by atoms with E-state index in [0.29, 0.717) is 0 Å². The number of halogens is 3. The number of alkyl halides is 3. The molecule has 0 amide bonds. The quantitative estimate of drug-likeness (QED) is 0.675. The molecule has 0 fully saturated rings. The van der Waals surface area contributed by atoms with Crippen molar-refractivity contribution in [1.29, 1.82) is 0 Å². The van der Waals surface area contributed by atoms with Gasteiger partial charge in [-0.1, -0.05) is 18.2 Å². The Labute approximate surface area is 118 Å². The first-order valence-electron chi connectivity index (χ1n) is 6.28. The van der Waals surface area contributed by atoms with Crippen molar-refractivity contribution < 1.29 is 22.3 Å². The summed E-state index contributed by atoms with van der Waals surface area (Å²) in [5.41, 5.74) is 0.830. The van der Waals surface area contributed by atoms with Crippen molar-refractivity contribution in [2.24, 2.45) is 0 Å². The number of hydrogen-bond donors (Lipinski definition) is 0. The van der Waals surface area contributed by atoms with Gasteiger partial charge in [0.15, 0.2) is 0 Å². The van der Waals surface area contributed by atoms with E-state index < -0.39 is 11.7 Å². The zero-order valence-electron chi connectivity index (χ0n) is 10.9. The molecule has 1 aromatic heterocycles. The molecule has 0 saturated carbocycles. The molecule has 0 unspecified atom stereocenters. The van der Waals surface area contributed by atoms with Crippen LogP contribution in [0.3, 0.4) is 0 Å². The number of fused-ring (bicyclic) bond motifs is 1. The minimum absolute atomic E-state index is 0.179. The van der Waals surface area contributed by atoms with Crippen molar-refractivity contribution in [2.45, 2.75) is 12.8 Å². The van der Waals surface area contributed by atoms with E-state index in [2.05, 4.69) is 0 Å². The van der Waals surface area contributed by atoms with Crippen LogP contribution in [0, 0.1) is 0 Å². The van der Waals surface area contributed by atoms with Gasteiger partial charge in [-0.3, -0.25) is 0 Å². The summed E-state index contributed by atoms with van der Waals surface area (Å²) in [7, 11) is 0. The Balaban J connectivity index is 1.75. The van der Waals surface area contributed by atoms with E-state index in [9.17, 15) is 13.2 Å². The molecule has 2 aromatic carbocycles. The fourth-order valence-corrected chi connectivity index (χ4v) is 2.02. The van der Waals surface area contributed by atoms with Crippen LogP contribution in [0.25, 0.3) is 11.0 Å². The minimum Gasteiger partial charge on any atom is -0.489 e. The molecule has 0 spiro atoms. The number of ether oxygens (including phenoxy) is 1. The first-order chi connectivity index (χ1) is 10.0. The molecule has 3 rings (SSSR count). The molecule has 0 aliphatic heterocycles. The Kier molecular flexibility index (Phi) is 3.33. The van der Waals surface area contributed by atoms with Gasteiger partial charge in [0.25, 0.3) is 0 Å². The largest absolute Gasteiger partial charge is 0.489 e. The highest BCUT2D eigenvalue weighted by Gasteiger charge is 2.30. The average molecular weight is 292 g/mol. The molecule has 0 aliphatic carbocycles. The maximum Gasteiger partial charge on any atom is 0.416 e. The van der Waals surface area contributed by atoms with Crippen LogP contribution in [0.5, 0.6) is 5.75 Å². The summed E-state index contributed by atoms with van der Waals surface area (Å²) in [6, 6.07) is 12.2. The molecule has 2 nitrogen and oxygen atoms in total. The summed E-state index contributed by atoms with van der Waals surface area (Å²) >= 11 is 0. The van der Waals surface area contributed by atoms with E-state index in [1.54, 1.807) is 6.26 Å². The number of furan rings is 1. The lowest BCUT2D eigenvalue weighted by Gasteiger charge is -2.10. The second kappa shape index (κ2) is 5.16. The summed E-state index contributed by atoms with van der Waals surface area (Å²) in [5.74, 6) is 0.185. The molecule has 21 heavy (non-hydrogen) atoms. The highest BCUT2D eigenvalue weighted by molar-refractivity contribution is 5.77. The van der Waals surface area contributed by atoms with Crippen LogP contribution in [0.15, 0.2) is 59.2 Å². The van der Waals surface area contributed by atoms with Crippen LogP contribution >= 0.6 is 0 Å². The molecule has 3 aromatic rings. The van der Waals surface area contributed by atoms with E-state index in [1.165, 1.54) is 12.1 Å². The molecule has 0 bridgehead atoms. The Morgan fingerprint density at radius 1 is 1.00 bits per heavy atom. The van der Waals surface area contributed by atoms with E-state index in [1.807, 2.05) is 24.3 Å². The van der Waals surface area contributed by atoms with Crippen LogP contribution in [0.4, 0.5) is 13.2 Å². The van der Waals surface area contributed by atoms with Crippen molar-refractivity contribution in [2.75, 3.05) is 0 Å². The maximum atomic E-state index is 12.6. The van der Waals surface area contributed by atoms with Crippen molar-refractivity contribution in [3.05, 3.63) is 65.9 Å². The standard InChI is InChI=1S/C16H11F3O2/c17-16(18,19)13-2-1-3-14(9-13)21-10-11-4-5-12-6-7-20-15(12)8-11/h1-9H,10H2. The number of rotatable bonds is 3. The third kappa shape index (κ3) is 3.02. The summed E-state index contributed by atoms with van der Waals surface area (Å²) in [6.07, 6.45) is -2.78. The Morgan fingerprint density at radius 2 is 1.86 bits per heavy atom. The molecule has 0 aliphatic rings. The van der Waals surface area contributed by atoms with Gasteiger partial charge in [-0.25, -0.2) is 0 Å². The maximum absolute atomic E-state index is 12.6. The van der Waals surface area contributed by atoms with Gasteiger partial charge in [-0.2, -0.15) is 13.2 Å². The van der Waals surface area contributed by atoms with Crippen LogP contribution in [-0.2, 0) is 12.8 Å². The lowest BCUT2D eigenvalue weighted by atomic mass is 10.2. The van der Waals surface area contributed by atoms with Crippen LogP contribution in [-0.4, -0.2) is 0 Å². The van der Waals surface area contributed by atoms with E-state index in [4.69, 9.17) is 9.15 Å². The molecule has 5 heteroatoms. The minimum atomic E-state index is -4.37. The average Bonchev–Trinajstić information content (AvgIpc) is 2.92. The van der Waals surface area contributed by atoms with Gasteiger partial charge in [0, 0.05) is 5.39 Å². The molecule has 0 N–H and O–H groups in total. The van der Waals surface area contributed by atoms with Gasteiger partial charge in [0.1, 0.15) is 17.9 Å². The van der Waals surface area contributed by atoms with Gasteiger partial charge >= 0.3 is 6.18 Å². The lowest BCUT2D eigenvalue weighted by Crippen LogP contribution is -2.05. The van der Waals surface area contributed by atoms with Crippen molar-refractivity contribution in [3.63, 3.8) is 0 Å². The molecule has 0 atom stereocenters. The Bertz CT molecular complexity index is 759. The van der Waals surface area contributed by atoms with Crippen LogP contribution in [0.1, 0.15) is 11.1 Å². The highest BCUT2D eigenvalue weighted by Crippen LogP contribution is 2.31. The Hall–Kier alpha value is -2.43. The van der Waals surface area contributed by atoms with Gasteiger partial charge in [0.2, 0.25) is 0 Å². The van der Waals surface area contributed by atoms with Crippen LogP contribution < -0.4 is 4.74 Å². The van der Waals surface area contributed by atoms with E-state index in [-0.39, 0.29) is 12.4 Å². The van der Waals surface area contributed by atoms with Crippen molar-refractivity contribution >= 4 is 11.0 Å². The van der Waals surface area contributed by atoms with Crippen molar-refractivity contribution in [1.82, 2.24) is 0 Å². The van der Waals surface area contributed by atoms with Gasteiger partial charge in [0.05, 0.1) is 11.8 Å². The topological polar surface area (TPSA) is 22.4 Å². The molecule has 0 radical (unpaired) electrons. The van der Waals surface area contributed by atoms with E-state index >= 15 is 0 Å². The van der Waals surface area contributed by atoms with Gasteiger partial charge in [-0.15, -0.1) is 0 Å². The monoisotopic (exact) mass is 292 g/mol. The van der Waals surface area contributed by atoms with E-state index in [0.717, 1.165) is 28.7 Å². The SMILES string of the molecule is FC(F)(F)c1cccc(OCc2ccc3ccoc3c2)c1. The predicted octanol–water partition coefficient (Wildman–Crippen LogP) is 5.03. The lowest BCUT2D eigenvalue weighted by molar-refractivity contribution is -0.137. The fraction of sp³-hybridized carbons (Fsp3) is 0.125. The summed E-state index contributed by atoms with van der Waals surface area (Å²) in [4.78, 5) is 0. The molecular weight excluding hydrogens is 281 g/mol. The number of hydrogen-bond acceptors (Lipinski definition) is 2. The van der Waals surface area contributed by atoms with Crippen LogP contribution in [0.2, 0.25) is 0 Å². The van der Waals surface area contributed by atoms with Crippen molar-refractivity contribution in [3.8, 4) is 5.75 Å². The molecule has 108 valence electrons. The second-order valence-corrected chi connectivity index (χ2v) is 4.61. The molecule has 1 heterocycles. The smallest absolute Gasteiger partial charge is 0.416 e. The zero-order chi connectivity index (χ0) is 14.9. The van der Waals surface area contributed by atoms with Gasteiger partial charge < -0.3 is 9.15 Å². The zero-order valence-corrected chi connectivity index (χ0v) is 10.9.